The van der Waals surface area contributed by atoms with E-state index >= 15 is 0 Å². The molecule has 0 heterocycles. The first-order valence-corrected chi connectivity index (χ1v) is 9.62. The summed E-state index contributed by atoms with van der Waals surface area (Å²) in [7, 11) is 0. The molecule has 0 spiro atoms. The van der Waals surface area contributed by atoms with Gasteiger partial charge in [-0.3, -0.25) is 0 Å². The number of benzene rings is 1. The van der Waals surface area contributed by atoms with Crippen molar-refractivity contribution in [2.24, 2.45) is 5.92 Å². The summed E-state index contributed by atoms with van der Waals surface area (Å²) in [5, 5.41) is 2.91. The van der Waals surface area contributed by atoms with E-state index in [0.29, 0.717) is 34.3 Å². The number of alkyl halides is 2. The average Bonchev–Trinajstić information content (AvgIpc) is 3.37. The van der Waals surface area contributed by atoms with Gasteiger partial charge in [0.05, 0.1) is 0 Å². The Kier molecular flexibility index (Phi) is 5.98. The minimum absolute atomic E-state index is 0.0898. The number of anilines is 1. The third-order valence-corrected chi connectivity index (χ3v) is 5.44. The topological polar surface area (TPSA) is 32.3 Å². The molecule has 0 radical (unpaired) electrons. The molecule has 0 saturated heterocycles. The maximum Gasteiger partial charge on any atom is 0.322 e. The Morgan fingerprint density at radius 2 is 1.96 bits per heavy atom. The molecule has 3 nitrogen and oxygen atoms in total. The van der Waals surface area contributed by atoms with Crippen molar-refractivity contribution < 1.29 is 13.6 Å². The van der Waals surface area contributed by atoms with Gasteiger partial charge in [0.2, 0.25) is 0 Å². The largest absolute Gasteiger partial charge is 0.322 e. The van der Waals surface area contributed by atoms with Gasteiger partial charge in [-0.1, -0.05) is 37.1 Å². The lowest BCUT2D eigenvalue weighted by molar-refractivity contribution is 0.163. The minimum Gasteiger partial charge on any atom is -0.321 e. The molecule has 132 valence electrons. The van der Waals surface area contributed by atoms with E-state index in [0.717, 1.165) is 19.4 Å². The van der Waals surface area contributed by atoms with Gasteiger partial charge in [-0.05, 0) is 49.8 Å². The zero-order valence-electron chi connectivity index (χ0n) is 13.7. The molecular weight excluding hydrogens is 330 g/mol. The highest BCUT2D eigenvalue weighted by atomic mass is 32.2. The van der Waals surface area contributed by atoms with Crippen LogP contribution in [0.25, 0.3) is 0 Å². The lowest BCUT2D eigenvalue weighted by Crippen LogP contribution is -2.45. The molecule has 2 fully saturated rings. The van der Waals surface area contributed by atoms with Gasteiger partial charge >= 0.3 is 6.03 Å². The normalized spacial score (nSPS) is 18.6. The average molecular weight is 354 g/mol. The predicted octanol–water partition coefficient (Wildman–Crippen LogP) is 5.58. The number of nitrogens with one attached hydrogen (secondary N) is 1. The minimum atomic E-state index is -2.45. The Labute approximate surface area is 146 Å². The highest BCUT2D eigenvalue weighted by molar-refractivity contribution is 7.99. The van der Waals surface area contributed by atoms with Crippen molar-refractivity contribution in [1.29, 1.82) is 0 Å². The van der Waals surface area contributed by atoms with E-state index < -0.39 is 5.76 Å². The highest BCUT2D eigenvalue weighted by Crippen LogP contribution is 2.33. The van der Waals surface area contributed by atoms with Crippen LogP contribution in [0, 0.1) is 5.92 Å². The number of carbonyl (C=O) groups excluding carboxylic acids is 1. The Hall–Kier alpha value is -1.30. The van der Waals surface area contributed by atoms with Crippen molar-refractivity contribution in [3.63, 3.8) is 0 Å². The van der Waals surface area contributed by atoms with E-state index in [1.54, 1.807) is 24.3 Å². The summed E-state index contributed by atoms with van der Waals surface area (Å²) in [5.74, 6) is -1.82. The Bertz CT molecular complexity index is 560. The molecule has 0 aliphatic heterocycles. The number of halogens is 2. The van der Waals surface area contributed by atoms with Crippen molar-refractivity contribution in [2.75, 3.05) is 11.9 Å². The van der Waals surface area contributed by atoms with E-state index in [9.17, 15) is 13.6 Å². The summed E-state index contributed by atoms with van der Waals surface area (Å²) in [6.07, 6.45) is 8.17. The number of rotatable bonds is 6. The van der Waals surface area contributed by atoms with Gasteiger partial charge in [0.15, 0.2) is 0 Å². The van der Waals surface area contributed by atoms with E-state index in [1.165, 1.54) is 32.1 Å². The van der Waals surface area contributed by atoms with Crippen molar-refractivity contribution in [1.82, 2.24) is 4.90 Å². The van der Waals surface area contributed by atoms with Gasteiger partial charge in [-0.15, -0.1) is 0 Å². The number of urea groups is 1. The van der Waals surface area contributed by atoms with Crippen LogP contribution in [0.15, 0.2) is 29.2 Å². The molecule has 24 heavy (non-hydrogen) atoms. The van der Waals surface area contributed by atoms with E-state index in [2.05, 4.69) is 5.32 Å². The fraction of sp³-hybridized carbons (Fsp3) is 0.611. The van der Waals surface area contributed by atoms with Gasteiger partial charge in [0.1, 0.15) is 0 Å². The van der Waals surface area contributed by atoms with Gasteiger partial charge in [-0.2, -0.15) is 8.78 Å². The molecule has 0 atom stereocenters. The summed E-state index contributed by atoms with van der Waals surface area (Å²) in [6.45, 7) is 0.821. The Balaban J connectivity index is 1.65. The fourth-order valence-electron chi connectivity index (χ4n) is 3.31. The number of amides is 2. The molecule has 3 rings (SSSR count). The van der Waals surface area contributed by atoms with Crippen molar-refractivity contribution in [2.45, 2.75) is 61.6 Å². The quantitative estimate of drug-likeness (QED) is 0.677. The van der Waals surface area contributed by atoms with Crippen LogP contribution in [0.1, 0.15) is 44.9 Å². The fourth-order valence-corrected chi connectivity index (χ4v) is 3.87. The first-order valence-electron chi connectivity index (χ1n) is 8.74. The molecule has 6 heteroatoms. The number of thioether (sulfide) groups is 1. The zero-order chi connectivity index (χ0) is 16.9. The van der Waals surface area contributed by atoms with Crippen LogP contribution in [-0.4, -0.2) is 29.3 Å². The summed E-state index contributed by atoms with van der Waals surface area (Å²) in [4.78, 5) is 15.2. The van der Waals surface area contributed by atoms with Crippen LogP contribution in [-0.2, 0) is 0 Å². The number of hydrogen-bond donors (Lipinski definition) is 1. The van der Waals surface area contributed by atoms with Crippen LogP contribution >= 0.6 is 11.8 Å². The SMILES string of the molecule is O=C(Nc1cccc(SC(F)F)c1)N(CC1CC1)C1CCCCC1. The molecule has 2 amide bonds. The number of hydrogen-bond acceptors (Lipinski definition) is 2. The molecule has 0 bridgehead atoms. The first kappa shape index (κ1) is 17.5. The molecule has 0 unspecified atom stereocenters. The van der Waals surface area contributed by atoms with Crippen molar-refractivity contribution >= 4 is 23.5 Å². The molecule has 1 aromatic rings. The number of carbonyl (C=O) groups is 1. The van der Waals surface area contributed by atoms with Crippen molar-refractivity contribution in [3.8, 4) is 0 Å². The maximum absolute atomic E-state index is 12.8. The van der Waals surface area contributed by atoms with Crippen LogP contribution in [0.2, 0.25) is 0 Å². The van der Waals surface area contributed by atoms with Crippen LogP contribution in [0.4, 0.5) is 19.3 Å². The van der Waals surface area contributed by atoms with Crippen LogP contribution in [0.3, 0.4) is 0 Å². The zero-order valence-corrected chi connectivity index (χ0v) is 14.5. The van der Waals surface area contributed by atoms with Crippen LogP contribution < -0.4 is 5.32 Å². The van der Waals surface area contributed by atoms with E-state index in [1.807, 2.05) is 4.90 Å². The Morgan fingerprint density at radius 3 is 2.62 bits per heavy atom. The first-order chi connectivity index (χ1) is 11.6. The third kappa shape index (κ3) is 5.10. The lowest BCUT2D eigenvalue weighted by atomic mass is 9.94. The standard InChI is InChI=1S/C18H24F2N2OS/c19-17(20)24-16-8-4-5-14(11-16)21-18(23)22(12-13-9-10-13)15-6-2-1-3-7-15/h4-5,8,11,13,15,17H,1-3,6-7,9-10,12H2,(H,21,23). The van der Waals surface area contributed by atoms with E-state index in [4.69, 9.17) is 0 Å². The maximum atomic E-state index is 12.8. The molecule has 1 aromatic carbocycles. The highest BCUT2D eigenvalue weighted by Gasteiger charge is 2.31. The monoisotopic (exact) mass is 354 g/mol. The van der Waals surface area contributed by atoms with Gasteiger partial charge < -0.3 is 10.2 Å². The lowest BCUT2D eigenvalue weighted by Gasteiger charge is -2.34. The summed E-state index contributed by atoms with van der Waals surface area (Å²) in [6, 6.07) is 6.93. The summed E-state index contributed by atoms with van der Waals surface area (Å²) < 4.78 is 25.0. The van der Waals surface area contributed by atoms with Gasteiger partial charge in [0.25, 0.3) is 5.76 Å². The summed E-state index contributed by atoms with van der Waals surface area (Å²) >= 11 is 0.499. The van der Waals surface area contributed by atoms with Gasteiger partial charge in [-0.25, -0.2) is 4.79 Å². The number of nitrogens with zero attached hydrogens (tertiary/aromatic N) is 1. The molecule has 2 aliphatic rings. The smallest absolute Gasteiger partial charge is 0.321 e. The molecule has 2 saturated carbocycles. The molecule has 0 aromatic heterocycles. The molecule has 1 N–H and O–H groups in total. The van der Waals surface area contributed by atoms with E-state index in [-0.39, 0.29) is 6.03 Å². The Morgan fingerprint density at radius 1 is 1.21 bits per heavy atom. The predicted molar refractivity (Wildman–Crippen MR) is 93.6 cm³/mol. The third-order valence-electron chi connectivity index (χ3n) is 4.74. The van der Waals surface area contributed by atoms with Gasteiger partial charge in [0, 0.05) is 23.2 Å². The van der Waals surface area contributed by atoms with Crippen LogP contribution in [0.5, 0.6) is 0 Å². The second kappa shape index (κ2) is 8.19. The molecular formula is C18H24F2N2OS. The molecule has 2 aliphatic carbocycles. The van der Waals surface area contributed by atoms with Crippen molar-refractivity contribution in [3.05, 3.63) is 24.3 Å². The summed E-state index contributed by atoms with van der Waals surface area (Å²) in [5.41, 5.74) is 0.585. The second-order valence-electron chi connectivity index (χ2n) is 6.72. The second-order valence-corrected chi connectivity index (χ2v) is 7.79.